The molecule has 2 N–H and O–H groups in total. The number of methoxy groups -OCH3 is 1. The van der Waals surface area contributed by atoms with Gasteiger partial charge in [-0.15, -0.1) is 0 Å². The zero-order valence-corrected chi connectivity index (χ0v) is 24.0. The fraction of sp³-hybridized carbons (Fsp3) is 0.212. The summed E-state index contributed by atoms with van der Waals surface area (Å²) in [5.41, 5.74) is 2.58. The third-order valence-electron chi connectivity index (χ3n) is 7.58. The van der Waals surface area contributed by atoms with Gasteiger partial charge in [0.15, 0.2) is 11.5 Å². The molecular formula is C33H28ClFN2O6. The molecule has 1 atom stereocenters. The lowest BCUT2D eigenvalue weighted by Crippen LogP contribution is -2.41. The second-order valence-corrected chi connectivity index (χ2v) is 10.7. The van der Waals surface area contributed by atoms with Crippen LogP contribution in [0.15, 0.2) is 72.8 Å². The number of amides is 2. The first-order chi connectivity index (χ1) is 20.8. The molecule has 0 aliphatic carbocycles. The maximum atomic E-state index is 14.9. The lowest BCUT2D eigenvalue weighted by atomic mass is 9.87. The minimum atomic E-state index is -0.689. The Morgan fingerprint density at radius 3 is 2.70 bits per heavy atom. The van der Waals surface area contributed by atoms with E-state index >= 15 is 0 Å². The lowest BCUT2D eigenvalue weighted by Gasteiger charge is -2.38. The van der Waals surface area contributed by atoms with Gasteiger partial charge in [-0.25, -0.2) is 4.39 Å². The number of rotatable bonds is 2. The number of aromatic hydroxyl groups is 1. The molecule has 43 heavy (non-hydrogen) atoms. The molecule has 3 aliphatic heterocycles. The number of nitrogens with one attached hydrogen (secondary N) is 1. The van der Waals surface area contributed by atoms with Crippen LogP contribution < -0.4 is 19.5 Å². The Morgan fingerprint density at radius 2 is 1.88 bits per heavy atom. The second kappa shape index (κ2) is 11.9. The Balaban J connectivity index is 1.46. The third kappa shape index (κ3) is 5.68. The van der Waals surface area contributed by atoms with Crippen LogP contribution in [0.4, 0.5) is 4.39 Å². The van der Waals surface area contributed by atoms with E-state index in [1.54, 1.807) is 23.1 Å². The van der Waals surface area contributed by atoms with E-state index in [0.29, 0.717) is 48.9 Å². The van der Waals surface area contributed by atoms with E-state index in [9.17, 15) is 19.1 Å². The van der Waals surface area contributed by atoms with Crippen molar-refractivity contribution in [2.24, 2.45) is 0 Å². The number of phenolic OH excluding ortho intramolecular Hbond substituents is 1. The number of phenols is 1. The molecule has 0 saturated heterocycles. The summed E-state index contributed by atoms with van der Waals surface area (Å²) in [6.07, 6.45) is 0.970. The number of hydrogen-bond donors (Lipinski definition) is 2. The highest BCUT2D eigenvalue weighted by Crippen LogP contribution is 2.41. The standard InChI is InChI=1S/C33H28ClFN2O6/c1-41-29-10-3-20-16-30(29)42-14-2-12-36-32(39)26-18-23(6-9-28(26)38)43-22-5-8-24-19(15-22)11-13-37(31(20)24)33(40)25-7-4-21(34)17-27(25)35/h3-10,15-18,31,38H,2,11-14H2,1H3,(H,36,39). The van der Waals surface area contributed by atoms with Crippen molar-refractivity contribution >= 4 is 23.4 Å². The molecule has 7 rings (SSSR count). The van der Waals surface area contributed by atoms with Gasteiger partial charge in [0.2, 0.25) is 0 Å². The molecule has 0 spiro atoms. The van der Waals surface area contributed by atoms with Crippen LogP contribution in [0.25, 0.3) is 0 Å². The van der Waals surface area contributed by atoms with Crippen LogP contribution in [0, 0.1) is 5.82 Å². The average molecular weight is 603 g/mol. The topological polar surface area (TPSA) is 97.3 Å². The number of hydrogen-bond acceptors (Lipinski definition) is 6. The van der Waals surface area contributed by atoms with E-state index in [0.717, 1.165) is 22.8 Å². The van der Waals surface area contributed by atoms with Gasteiger partial charge in [-0.1, -0.05) is 23.7 Å². The van der Waals surface area contributed by atoms with Crippen LogP contribution in [-0.4, -0.2) is 48.6 Å². The van der Waals surface area contributed by atoms with Crippen molar-refractivity contribution in [3.63, 3.8) is 0 Å². The van der Waals surface area contributed by atoms with Gasteiger partial charge in [-0.2, -0.15) is 0 Å². The van der Waals surface area contributed by atoms with Gasteiger partial charge in [0.05, 0.1) is 30.9 Å². The Morgan fingerprint density at radius 1 is 1.07 bits per heavy atom. The summed E-state index contributed by atoms with van der Waals surface area (Å²) in [5.74, 6) is 0.142. The largest absolute Gasteiger partial charge is 0.507 e. The first-order valence-corrected chi connectivity index (χ1v) is 14.2. The first-order valence-electron chi connectivity index (χ1n) is 13.8. The first kappa shape index (κ1) is 28.4. The Kier molecular flexibility index (Phi) is 7.82. The summed E-state index contributed by atoms with van der Waals surface area (Å²) >= 11 is 5.96. The fourth-order valence-corrected chi connectivity index (χ4v) is 5.65. The molecule has 4 aromatic rings. The van der Waals surface area contributed by atoms with Gasteiger partial charge in [-0.3, -0.25) is 9.59 Å². The molecule has 8 bridgehead atoms. The van der Waals surface area contributed by atoms with Crippen molar-refractivity contribution in [1.82, 2.24) is 10.2 Å². The Hall–Kier alpha value is -4.76. The molecule has 0 saturated carbocycles. The summed E-state index contributed by atoms with van der Waals surface area (Å²) in [4.78, 5) is 28.3. The van der Waals surface area contributed by atoms with Gasteiger partial charge in [0.25, 0.3) is 11.8 Å². The van der Waals surface area contributed by atoms with E-state index in [-0.39, 0.29) is 28.5 Å². The molecular weight excluding hydrogens is 575 g/mol. The van der Waals surface area contributed by atoms with Crippen LogP contribution >= 0.6 is 11.6 Å². The number of nitrogens with zero attached hydrogens (tertiary/aromatic N) is 1. The summed E-state index contributed by atoms with van der Waals surface area (Å²) in [6, 6.07) is 19.0. The number of halogens is 2. The monoisotopic (exact) mass is 602 g/mol. The Bertz CT molecular complexity index is 1730. The van der Waals surface area contributed by atoms with Gasteiger partial charge < -0.3 is 29.5 Å². The normalized spacial score (nSPS) is 16.3. The van der Waals surface area contributed by atoms with E-state index in [4.69, 9.17) is 25.8 Å². The maximum Gasteiger partial charge on any atom is 0.257 e. The molecule has 220 valence electrons. The van der Waals surface area contributed by atoms with E-state index in [2.05, 4.69) is 5.32 Å². The predicted molar refractivity (Wildman–Crippen MR) is 158 cm³/mol. The molecule has 10 heteroatoms. The maximum absolute atomic E-state index is 14.9. The predicted octanol–water partition coefficient (Wildman–Crippen LogP) is 6.29. The minimum Gasteiger partial charge on any atom is -0.507 e. The summed E-state index contributed by atoms with van der Waals surface area (Å²) in [5, 5.41) is 13.3. The van der Waals surface area contributed by atoms with E-state index < -0.39 is 23.7 Å². The smallest absolute Gasteiger partial charge is 0.257 e. The van der Waals surface area contributed by atoms with Gasteiger partial charge in [0.1, 0.15) is 23.1 Å². The number of carbonyl (C=O) groups is 2. The van der Waals surface area contributed by atoms with Crippen LogP contribution in [0.3, 0.4) is 0 Å². The van der Waals surface area contributed by atoms with Crippen molar-refractivity contribution in [3.8, 4) is 28.7 Å². The molecule has 0 fully saturated rings. The van der Waals surface area contributed by atoms with E-state index in [1.165, 1.54) is 31.4 Å². The van der Waals surface area contributed by atoms with E-state index in [1.807, 2.05) is 24.3 Å². The quantitative estimate of drug-likeness (QED) is 0.280. The van der Waals surface area contributed by atoms with Gasteiger partial charge in [-0.05, 0) is 90.2 Å². The number of ether oxygens (including phenoxy) is 3. The lowest BCUT2D eigenvalue weighted by molar-refractivity contribution is 0.0689. The summed E-state index contributed by atoms with van der Waals surface area (Å²) in [7, 11) is 1.54. The number of benzene rings is 4. The van der Waals surface area contributed by atoms with Crippen molar-refractivity contribution in [1.29, 1.82) is 0 Å². The summed E-state index contributed by atoms with van der Waals surface area (Å²) in [6.45, 7) is 0.874. The zero-order valence-electron chi connectivity index (χ0n) is 23.2. The van der Waals surface area contributed by atoms with Crippen LogP contribution in [0.1, 0.15) is 49.9 Å². The van der Waals surface area contributed by atoms with Crippen LogP contribution in [0.5, 0.6) is 28.7 Å². The second-order valence-electron chi connectivity index (χ2n) is 10.3. The number of carbonyl (C=O) groups excluding carboxylic acids is 2. The van der Waals surface area contributed by atoms with Crippen molar-refractivity contribution in [2.75, 3.05) is 26.8 Å². The molecule has 0 aromatic heterocycles. The molecule has 2 amide bonds. The highest BCUT2D eigenvalue weighted by Gasteiger charge is 2.34. The summed E-state index contributed by atoms with van der Waals surface area (Å²) < 4.78 is 32.6. The minimum absolute atomic E-state index is 0.0672. The zero-order chi connectivity index (χ0) is 30.1. The van der Waals surface area contributed by atoms with Gasteiger partial charge >= 0.3 is 0 Å². The molecule has 3 heterocycles. The van der Waals surface area contributed by atoms with Crippen molar-refractivity contribution in [2.45, 2.75) is 18.9 Å². The molecule has 1 unspecified atom stereocenters. The fourth-order valence-electron chi connectivity index (χ4n) is 5.49. The number of fused-ring (bicyclic) bond motifs is 6. The SMILES string of the molecule is COc1ccc2cc1OCCCNC(=O)c1cc(ccc1O)Oc1ccc3c(c1)CCN(C(=O)c1ccc(Cl)cc1F)C23. The molecule has 3 aliphatic rings. The van der Waals surface area contributed by atoms with Crippen LogP contribution in [-0.2, 0) is 6.42 Å². The average Bonchev–Trinajstić information content (AvgIpc) is 3.00. The van der Waals surface area contributed by atoms with Crippen molar-refractivity contribution < 1.29 is 33.3 Å². The third-order valence-corrected chi connectivity index (χ3v) is 7.82. The molecule has 0 radical (unpaired) electrons. The Labute approximate surface area is 252 Å². The van der Waals surface area contributed by atoms with Crippen molar-refractivity contribution in [3.05, 3.63) is 111 Å². The highest BCUT2D eigenvalue weighted by molar-refractivity contribution is 6.30. The van der Waals surface area contributed by atoms with Gasteiger partial charge in [0, 0.05) is 18.1 Å². The molecule has 8 nitrogen and oxygen atoms in total. The molecule has 4 aromatic carbocycles. The highest BCUT2D eigenvalue weighted by atomic mass is 35.5. The van der Waals surface area contributed by atoms with Crippen LogP contribution in [0.2, 0.25) is 5.02 Å².